The average molecular weight is 496 g/mol. The zero-order chi connectivity index (χ0) is 23.6. The minimum absolute atomic E-state index is 0.0286. The van der Waals surface area contributed by atoms with Crippen molar-refractivity contribution in [1.82, 2.24) is 13.9 Å². The number of nitrogens with one attached hydrogen (secondary N) is 1. The van der Waals surface area contributed by atoms with E-state index in [1.165, 1.54) is 10.4 Å². The highest BCUT2D eigenvalue weighted by Gasteiger charge is 2.29. The maximum absolute atomic E-state index is 14.0. The van der Waals surface area contributed by atoms with Crippen LogP contribution in [-0.2, 0) is 16.6 Å². The van der Waals surface area contributed by atoms with Gasteiger partial charge in [0.25, 0.3) is 0 Å². The normalized spacial score (nSPS) is 15.6. The van der Waals surface area contributed by atoms with Gasteiger partial charge in [0.15, 0.2) is 5.13 Å². The molecule has 1 fully saturated rings. The topological polar surface area (TPSA) is 110 Å². The van der Waals surface area contributed by atoms with Gasteiger partial charge in [-0.15, -0.1) is 0 Å². The van der Waals surface area contributed by atoms with Crippen LogP contribution in [0.4, 0.5) is 19.7 Å². The number of nitrogens with zero attached hydrogens (tertiary/aromatic N) is 3. The van der Waals surface area contributed by atoms with E-state index in [2.05, 4.69) is 10.3 Å². The Morgan fingerprint density at radius 1 is 1.15 bits per heavy atom. The molecule has 3 N–H and O–H groups in total. The molecule has 0 spiro atoms. The van der Waals surface area contributed by atoms with Crippen LogP contribution >= 0.6 is 11.3 Å². The van der Waals surface area contributed by atoms with Crippen molar-refractivity contribution in [3.05, 3.63) is 64.8 Å². The van der Waals surface area contributed by atoms with Gasteiger partial charge in [-0.1, -0.05) is 17.4 Å². The van der Waals surface area contributed by atoms with Crippen LogP contribution in [0.15, 0.2) is 42.7 Å². The highest BCUT2D eigenvalue weighted by Crippen LogP contribution is 2.30. The fraction of sp³-hybridized carbons (Fsp3) is 0.333. The maximum Gasteiger partial charge on any atom is 0.215 e. The Kier molecular flexibility index (Phi) is 6.77. The molecule has 0 unspecified atom stereocenters. The number of piperidine rings is 1. The van der Waals surface area contributed by atoms with Gasteiger partial charge >= 0.3 is 0 Å². The number of nitrogens with two attached hydrogens (primary N) is 1. The Labute approximate surface area is 194 Å². The van der Waals surface area contributed by atoms with Gasteiger partial charge in [0, 0.05) is 38.1 Å². The SMILES string of the molecule is Nc1nc(NC2CCN(S(=O)(=O)CCn3cccc3)CC2)sc1C(=O)c1c(F)cccc1F. The first-order chi connectivity index (χ1) is 15.7. The smallest absolute Gasteiger partial charge is 0.215 e. The number of hydrogen-bond donors (Lipinski definition) is 2. The molecule has 1 aliphatic rings. The lowest BCUT2D eigenvalue weighted by Crippen LogP contribution is -2.43. The molecule has 4 rings (SSSR count). The van der Waals surface area contributed by atoms with Gasteiger partial charge in [-0.05, 0) is 37.1 Å². The van der Waals surface area contributed by atoms with Gasteiger partial charge in [-0.2, -0.15) is 0 Å². The largest absolute Gasteiger partial charge is 0.382 e. The van der Waals surface area contributed by atoms with E-state index in [9.17, 15) is 22.0 Å². The second kappa shape index (κ2) is 9.57. The highest BCUT2D eigenvalue weighted by atomic mass is 32.2. The minimum atomic E-state index is -3.37. The van der Waals surface area contributed by atoms with Gasteiger partial charge in [-0.3, -0.25) is 4.79 Å². The minimum Gasteiger partial charge on any atom is -0.382 e. The molecule has 2 aromatic heterocycles. The number of carbonyl (C=O) groups excluding carboxylic acids is 1. The van der Waals surface area contributed by atoms with Crippen LogP contribution in [0.25, 0.3) is 0 Å². The predicted octanol–water partition coefficient (Wildman–Crippen LogP) is 2.94. The van der Waals surface area contributed by atoms with Gasteiger partial charge in [0.05, 0.1) is 11.3 Å². The van der Waals surface area contributed by atoms with Crippen LogP contribution in [0.3, 0.4) is 0 Å². The summed E-state index contributed by atoms with van der Waals surface area (Å²) < 4.78 is 56.5. The monoisotopic (exact) mass is 495 g/mol. The first-order valence-electron chi connectivity index (χ1n) is 10.3. The number of rotatable bonds is 8. The summed E-state index contributed by atoms with van der Waals surface area (Å²) in [6.07, 6.45) is 4.75. The molecule has 1 aliphatic heterocycles. The molecule has 1 saturated heterocycles. The Balaban J connectivity index is 1.36. The van der Waals surface area contributed by atoms with Gasteiger partial charge in [0.1, 0.15) is 22.3 Å². The number of benzene rings is 1. The van der Waals surface area contributed by atoms with E-state index in [1.807, 2.05) is 29.1 Å². The summed E-state index contributed by atoms with van der Waals surface area (Å²) in [6, 6.07) is 6.82. The molecular formula is C21H23F2N5O3S2. The number of hydrogen-bond acceptors (Lipinski definition) is 7. The molecule has 12 heteroatoms. The third-order valence-electron chi connectivity index (χ3n) is 5.50. The van der Waals surface area contributed by atoms with Gasteiger partial charge < -0.3 is 15.6 Å². The van der Waals surface area contributed by atoms with Crippen molar-refractivity contribution in [1.29, 1.82) is 0 Å². The Morgan fingerprint density at radius 3 is 2.42 bits per heavy atom. The number of aromatic nitrogens is 2. The molecular weight excluding hydrogens is 472 g/mol. The van der Waals surface area contributed by atoms with Gasteiger partial charge in [0.2, 0.25) is 15.8 Å². The summed E-state index contributed by atoms with van der Waals surface area (Å²) in [7, 11) is -3.37. The number of carbonyl (C=O) groups is 1. The number of halogens is 2. The van der Waals surface area contributed by atoms with Crippen LogP contribution in [0.2, 0.25) is 0 Å². The summed E-state index contributed by atoms with van der Waals surface area (Å²) >= 11 is 0.922. The number of aryl methyl sites for hydroxylation is 1. The molecule has 8 nitrogen and oxygen atoms in total. The Hall–Kier alpha value is -2.83. The molecule has 3 aromatic rings. The number of ketones is 1. The van der Waals surface area contributed by atoms with E-state index in [0.717, 1.165) is 23.5 Å². The first kappa shape index (κ1) is 23.3. The van der Waals surface area contributed by atoms with Crippen LogP contribution in [0.5, 0.6) is 0 Å². The Morgan fingerprint density at radius 2 is 1.79 bits per heavy atom. The third kappa shape index (κ3) is 5.23. The van der Waals surface area contributed by atoms with E-state index in [0.29, 0.717) is 37.6 Å². The van der Waals surface area contributed by atoms with Crippen LogP contribution in [0.1, 0.15) is 28.1 Å². The van der Waals surface area contributed by atoms with Crippen LogP contribution in [0, 0.1) is 11.6 Å². The third-order valence-corrected chi connectivity index (χ3v) is 8.35. The van der Waals surface area contributed by atoms with Crippen molar-refractivity contribution in [2.24, 2.45) is 0 Å². The van der Waals surface area contributed by atoms with Crippen molar-refractivity contribution >= 4 is 38.1 Å². The van der Waals surface area contributed by atoms with Crippen LogP contribution < -0.4 is 11.1 Å². The molecule has 176 valence electrons. The molecule has 1 aromatic carbocycles. The number of sulfonamides is 1. The van der Waals surface area contributed by atoms with E-state index in [-0.39, 0.29) is 22.5 Å². The fourth-order valence-electron chi connectivity index (χ4n) is 3.71. The van der Waals surface area contributed by atoms with Crippen molar-refractivity contribution in [2.45, 2.75) is 25.4 Å². The standard InChI is InChI=1S/C21H23F2N5O3S2/c22-15-4-3-5-16(23)17(15)18(29)19-20(24)26-21(32-19)25-14-6-10-28(11-7-14)33(30,31)13-12-27-8-1-2-9-27/h1-5,8-9,14H,6-7,10-13,24H2,(H,25,26). The van der Waals surface area contributed by atoms with Crippen molar-refractivity contribution < 1.29 is 22.0 Å². The predicted molar refractivity (Wildman–Crippen MR) is 123 cm³/mol. The van der Waals surface area contributed by atoms with Gasteiger partial charge in [-0.25, -0.2) is 26.5 Å². The molecule has 0 atom stereocenters. The summed E-state index contributed by atoms with van der Waals surface area (Å²) in [5.74, 6) is -2.88. The molecule has 0 bridgehead atoms. The van der Waals surface area contributed by atoms with Crippen molar-refractivity contribution in [3.8, 4) is 0 Å². The average Bonchev–Trinajstić information content (AvgIpc) is 3.42. The van der Waals surface area contributed by atoms with E-state index < -0.39 is 33.0 Å². The molecule has 0 aliphatic carbocycles. The second-order valence-electron chi connectivity index (χ2n) is 7.71. The zero-order valence-corrected chi connectivity index (χ0v) is 19.2. The molecule has 3 heterocycles. The zero-order valence-electron chi connectivity index (χ0n) is 17.6. The lowest BCUT2D eigenvalue weighted by molar-refractivity contribution is 0.103. The van der Waals surface area contributed by atoms with Crippen molar-refractivity contribution in [2.75, 3.05) is 29.9 Å². The molecule has 0 amide bonds. The first-order valence-corrected chi connectivity index (χ1v) is 12.8. The summed E-state index contributed by atoms with van der Waals surface area (Å²) in [5, 5.41) is 3.51. The summed E-state index contributed by atoms with van der Waals surface area (Å²) in [4.78, 5) is 16.7. The number of thiazole rings is 1. The van der Waals surface area contributed by atoms with Crippen LogP contribution in [-0.4, -0.2) is 52.9 Å². The van der Waals surface area contributed by atoms with E-state index in [1.54, 1.807) is 0 Å². The van der Waals surface area contributed by atoms with Crippen molar-refractivity contribution in [3.63, 3.8) is 0 Å². The highest BCUT2D eigenvalue weighted by molar-refractivity contribution is 7.89. The Bertz CT molecular complexity index is 1220. The fourth-order valence-corrected chi connectivity index (χ4v) is 6.08. The summed E-state index contributed by atoms with van der Waals surface area (Å²) in [5.41, 5.74) is 5.17. The maximum atomic E-state index is 14.0. The number of anilines is 2. The second-order valence-corrected chi connectivity index (χ2v) is 10.8. The van der Waals surface area contributed by atoms with E-state index >= 15 is 0 Å². The lowest BCUT2D eigenvalue weighted by Gasteiger charge is -2.31. The molecule has 0 radical (unpaired) electrons. The lowest BCUT2D eigenvalue weighted by atomic mass is 10.1. The molecule has 0 saturated carbocycles. The molecule has 33 heavy (non-hydrogen) atoms. The quantitative estimate of drug-likeness (QED) is 0.465. The van der Waals surface area contributed by atoms with E-state index in [4.69, 9.17) is 5.73 Å². The number of nitrogen functional groups attached to an aromatic ring is 1. The summed E-state index contributed by atoms with van der Waals surface area (Å²) in [6.45, 7) is 1.11.